The Bertz CT molecular complexity index is 1150. The highest BCUT2D eigenvalue weighted by Crippen LogP contribution is 2.42. The van der Waals surface area contributed by atoms with Gasteiger partial charge in [-0.15, -0.1) is 11.3 Å². The Morgan fingerprint density at radius 1 is 1.00 bits per heavy atom. The Hall–Kier alpha value is -2.92. The van der Waals surface area contributed by atoms with Gasteiger partial charge in [0.2, 0.25) is 0 Å². The van der Waals surface area contributed by atoms with Crippen LogP contribution in [0.2, 0.25) is 0 Å². The van der Waals surface area contributed by atoms with Crippen LogP contribution in [0.15, 0.2) is 48.8 Å². The molecule has 0 bridgehead atoms. The predicted octanol–water partition coefficient (Wildman–Crippen LogP) is 6.43. The van der Waals surface area contributed by atoms with Crippen molar-refractivity contribution in [3.63, 3.8) is 0 Å². The Balaban J connectivity index is 1.88. The van der Waals surface area contributed by atoms with Crippen molar-refractivity contribution in [3.8, 4) is 16.9 Å². The van der Waals surface area contributed by atoms with Crippen LogP contribution >= 0.6 is 11.3 Å². The fourth-order valence-electron chi connectivity index (χ4n) is 3.36. The van der Waals surface area contributed by atoms with Gasteiger partial charge in [0, 0.05) is 10.4 Å². The minimum absolute atomic E-state index is 0.614. The lowest BCUT2D eigenvalue weighted by Crippen LogP contribution is -2.00. The average Bonchev–Trinajstić information content (AvgIpc) is 3.02. The molecular formula is C23H23N3OS. The third-order valence-electron chi connectivity index (χ3n) is 4.90. The van der Waals surface area contributed by atoms with Gasteiger partial charge in [-0.3, -0.25) is 0 Å². The van der Waals surface area contributed by atoms with Crippen molar-refractivity contribution < 1.29 is 4.74 Å². The molecule has 0 aliphatic carbocycles. The summed E-state index contributed by atoms with van der Waals surface area (Å²) in [4.78, 5) is 11.3. The first-order valence-electron chi connectivity index (χ1n) is 9.39. The molecule has 4 aromatic rings. The standard InChI is InChI=1S/C23H23N3OS/c1-5-27-19-9-7-6-8-18(19)26-22-21-20(16(4)28-23(21)25-13-24-22)17-11-10-14(2)15(3)12-17/h6-13H,5H2,1-4H3,(H,24,25,26). The van der Waals surface area contributed by atoms with E-state index in [1.807, 2.05) is 31.2 Å². The van der Waals surface area contributed by atoms with Gasteiger partial charge in [0.05, 0.1) is 17.7 Å². The lowest BCUT2D eigenvalue weighted by molar-refractivity contribution is 0.342. The minimum Gasteiger partial charge on any atom is -0.492 e. The highest BCUT2D eigenvalue weighted by molar-refractivity contribution is 7.19. The molecule has 2 heterocycles. The summed E-state index contributed by atoms with van der Waals surface area (Å²) in [5.41, 5.74) is 5.87. The summed E-state index contributed by atoms with van der Waals surface area (Å²) in [7, 11) is 0. The summed E-state index contributed by atoms with van der Waals surface area (Å²) < 4.78 is 5.77. The number of hydrogen-bond acceptors (Lipinski definition) is 5. The molecule has 4 nitrogen and oxygen atoms in total. The van der Waals surface area contributed by atoms with Crippen LogP contribution in [-0.2, 0) is 0 Å². The number of benzene rings is 2. The fourth-order valence-corrected chi connectivity index (χ4v) is 4.38. The lowest BCUT2D eigenvalue weighted by atomic mass is 9.99. The molecule has 0 unspecified atom stereocenters. The first-order chi connectivity index (χ1) is 13.6. The molecule has 28 heavy (non-hydrogen) atoms. The van der Waals surface area contributed by atoms with E-state index in [4.69, 9.17) is 4.74 Å². The maximum atomic E-state index is 5.77. The van der Waals surface area contributed by atoms with E-state index in [1.165, 1.54) is 27.1 Å². The van der Waals surface area contributed by atoms with Gasteiger partial charge < -0.3 is 10.1 Å². The van der Waals surface area contributed by atoms with Gasteiger partial charge in [-0.2, -0.15) is 0 Å². The van der Waals surface area contributed by atoms with E-state index in [-0.39, 0.29) is 0 Å². The summed E-state index contributed by atoms with van der Waals surface area (Å²) in [6.45, 7) is 9.03. The Kier molecular flexibility index (Phi) is 5.01. The molecule has 0 saturated heterocycles. The minimum atomic E-state index is 0.614. The number of hydrogen-bond donors (Lipinski definition) is 1. The van der Waals surface area contributed by atoms with E-state index < -0.39 is 0 Å². The highest BCUT2D eigenvalue weighted by atomic mass is 32.1. The Morgan fingerprint density at radius 3 is 2.61 bits per heavy atom. The van der Waals surface area contributed by atoms with Crippen LogP contribution in [0.1, 0.15) is 22.9 Å². The zero-order valence-electron chi connectivity index (χ0n) is 16.5. The summed E-state index contributed by atoms with van der Waals surface area (Å²) in [5, 5.41) is 4.54. The molecule has 0 spiro atoms. The molecule has 1 N–H and O–H groups in total. The van der Waals surface area contributed by atoms with Gasteiger partial charge >= 0.3 is 0 Å². The monoisotopic (exact) mass is 389 g/mol. The normalized spacial score (nSPS) is 11.0. The van der Waals surface area contributed by atoms with Gasteiger partial charge in [-0.1, -0.05) is 30.3 Å². The van der Waals surface area contributed by atoms with Crippen LogP contribution in [0.3, 0.4) is 0 Å². The molecule has 0 saturated carbocycles. The second-order valence-corrected chi connectivity index (χ2v) is 7.99. The number of aryl methyl sites for hydroxylation is 3. The van der Waals surface area contributed by atoms with Crippen LogP contribution in [0.25, 0.3) is 21.3 Å². The van der Waals surface area contributed by atoms with Gasteiger partial charge in [0.1, 0.15) is 22.7 Å². The van der Waals surface area contributed by atoms with Crippen LogP contribution in [-0.4, -0.2) is 16.6 Å². The fraction of sp³-hybridized carbons (Fsp3) is 0.217. The molecule has 5 heteroatoms. The smallest absolute Gasteiger partial charge is 0.143 e. The molecule has 0 fully saturated rings. The first-order valence-corrected chi connectivity index (χ1v) is 10.2. The van der Waals surface area contributed by atoms with Crippen molar-refractivity contribution >= 4 is 33.1 Å². The lowest BCUT2D eigenvalue weighted by Gasteiger charge is -2.13. The van der Waals surface area contributed by atoms with Crippen molar-refractivity contribution in [2.75, 3.05) is 11.9 Å². The third-order valence-corrected chi connectivity index (χ3v) is 5.91. The molecule has 0 aliphatic heterocycles. The molecule has 0 aliphatic rings. The number of anilines is 2. The molecule has 4 rings (SSSR count). The number of thiophene rings is 1. The number of nitrogens with zero attached hydrogens (tertiary/aromatic N) is 2. The van der Waals surface area contributed by atoms with Crippen LogP contribution < -0.4 is 10.1 Å². The van der Waals surface area contributed by atoms with Crippen LogP contribution in [0.4, 0.5) is 11.5 Å². The maximum absolute atomic E-state index is 5.77. The van der Waals surface area contributed by atoms with E-state index in [2.05, 4.69) is 54.3 Å². The van der Waals surface area contributed by atoms with Crippen molar-refractivity contribution in [2.24, 2.45) is 0 Å². The van der Waals surface area contributed by atoms with Gasteiger partial charge in [0.25, 0.3) is 0 Å². The SMILES string of the molecule is CCOc1ccccc1Nc1ncnc2sc(C)c(-c3ccc(C)c(C)c3)c12. The number of rotatable bonds is 5. The summed E-state index contributed by atoms with van der Waals surface area (Å²) in [6, 6.07) is 14.5. The average molecular weight is 390 g/mol. The molecule has 142 valence electrons. The highest BCUT2D eigenvalue weighted by Gasteiger charge is 2.18. The molecule has 0 atom stereocenters. The maximum Gasteiger partial charge on any atom is 0.143 e. The Morgan fingerprint density at radius 2 is 1.82 bits per heavy atom. The van der Waals surface area contributed by atoms with Crippen LogP contribution in [0.5, 0.6) is 5.75 Å². The second-order valence-electron chi connectivity index (χ2n) is 6.79. The number of para-hydroxylation sites is 2. The van der Waals surface area contributed by atoms with Gasteiger partial charge in [0.15, 0.2) is 0 Å². The van der Waals surface area contributed by atoms with E-state index >= 15 is 0 Å². The van der Waals surface area contributed by atoms with Gasteiger partial charge in [-0.25, -0.2) is 9.97 Å². The zero-order valence-corrected chi connectivity index (χ0v) is 17.4. The van der Waals surface area contributed by atoms with E-state index in [0.29, 0.717) is 6.61 Å². The number of fused-ring (bicyclic) bond motifs is 1. The van der Waals surface area contributed by atoms with E-state index in [9.17, 15) is 0 Å². The van der Waals surface area contributed by atoms with Gasteiger partial charge in [-0.05, 0) is 56.5 Å². The van der Waals surface area contributed by atoms with Crippen molar-refractivity contribution in [3.05, 3.63) is 64.8 Å². The predicted molar refractivity (Wildman–Crippen MR) is 118 cm³/mol. The molecule has 2 aromatic carbocycles. The molecular weight excluding hydrogens is 366 g/mol. The summed E-state index contributed by atoms with van der Waals surface area (Å²) in [5.74, 6) is 1.62. The van der Waals surface area contributed by atoms with E-state index in [1.54, 1.807) is 17.7 Å². The largest absolute Gasteiger partial charge is 0.492 e. The quantitative estimate of drug-likeness (QED) is 0.427. The topological polar surface area (TPSA) is 47.0 Å². The van der Waals surface area contributed by atoms with Crippen molar-refractivity contribution in [1.82, 2.24) is 9.97 Å². The number of aromatic nitrogens is 2. The molecule has 0 amide bonds. The summed E-state index contributed by atoms with van der Waals surface area (Å²) >= 11 is 1.70. The third kappa shape index (κ3) is 3.34. The first kappa shape index (κ1) is 18.4. The number of nitrogens with one attached hydrogen (secondary N) is 1. The van der Waals surface area contributed by atoms with Crippen molar-refractivity contribution in [2.45, 2.75) is 27.7 Å². The molecule has 0 radical (unpaired) electrons. The second kappa shape index (κ2) is 7.60. The summed E-state index contributed by atoms with van der Waals surface area (Å²) in [6.07, 6.45) is 1.62. The Labute approximate surface area is 169 Å². The number of ether oxygens (including phenoxy) is 1. The van der Waals surface area contributed by atoms with Crippen molar-refractivity contribution in [1.29, 1.82) is 0 Å². The molecule has 2 aromatic heterocycles. The zero-order chi connectivity index (χ0) is 19.7. The van der Waals surface area contributed by atoms with Crippen LogP contribution in [0, 0.1) is 20.8 Å². The van der Waals surface area contributed by atoms with E-state index in [0.717, 1.165) is 27.5 Å².